The van der Waals surface area contributed by atoms with Crippen molar-refractivity contribution in [3.05, 3.63) is 72.5 Å². The van der Waals surface area contributed by atoms with Gasteiger partial charge in [-0.05, 0) is 24.3 Å². The molecule has 0 saturated carbocycles. The van der Waals surface area contributed by atoms with Crippen LogP contribution in [0.5, 0.6) is 0 Å². The van der Waals surface area contributed by atoms with Crippen molar-refractivity contribution in [2.24, 2.45) is 5.10 Å². The largest absolute Gasteiger partial charge is 0.269 e. The van der Waals surface area contributed by atoms with Crippen LogP contribution in [0.2, 0.25) is 15.1 Å². The van der Waals surface area contributed by atoms with E-state index in [0.29, 0.717) is 31.5 Å². The van der Waals surface area contributed by atoms with E-state index in [4.69, 9.17) is 34.8 Å². The van der Waals surface area contributed by atoms with Crippen molar-refractivity contribution in [1.82, 2.24) is 4.98 Å². The molecule has 3 rings (SSSR count). The Kier molecular flexibility index (Phi) is 5.73. The minimum absolute atomic E-state index is 0.0298. The highest BCUT2D eigenvalue weighted by molar-refractivity contribution is 7.14. The number of non-ortho nitro benzene ring substituents is 1. The number of nitrogens with one attached hydrogen (secondary N) is 1. The molecule has 10 heteroatoms. The van der Waals surface area contributed by atoms with Gasteiger partial charge in [0.15, 0.2) is 0 Å². The van der Waals surface area contributed by atoms with Gasteiger partial charge in [0.2, 0.25) is 5.13 Å². The second-order valence-corrected chi connectivity index (χ2v) is 7.02. The van der Waals surface area contributed by atoms with Gasteiger partial charge in [0, 0.05) is 28.6 Å². The van der Waals surface area contributed by atoms with Gasteiger partial charge < -0.3 is 0 Å². The summed E-state index contributed by atoms with van der Waals surface area (Å²) in [6.07, 6.45) is 1.46. The topological polar surface area (TPSA) is 80.4 Å². The number of hydrogen-bond donors (Lipinski definition) is 1. The van der Waals surface area contributed by atoms with Gasteiger partial charge in [0.1, 0.15) is 0 Å². The van der Waals surface area contributed by atoms with Crippen LogP contribution in [0.4, 0.5) is 10.8 Å². The molecule has 1 heterocycles. The minimum atomic E-state index is -0.446. The Morgan fingerprint density at radius 1 is 1.12 bits per heavy atom. The van der Waals surface area contributed by atoms with Crippen LogP contribution in [-0.2, 0) is 0 Å². The van der Waals surface area contributed by atoms with E-state index in [-0.39, 0.29) is 5.69 Å². The summed E-state index contributed by atoms with van der Waals surface area (Å²) in [5, 5.41) is 18.3. The van der Waals surface area contributed by atoms with Crippen LogP contribution in [0.1, 0.15) is 5.56 Å². The summed E-state index contributed by atoms with van der Waals surface area (Å²) in [5.41, 5.74) is 4.78. The van der Waals surface area contributed by atoms with Gasteiger partial charge in [0.05, 0.1) is 31.9 Å². The molecule has 132 valence electrons. The number of hydrogen-bond acceptors (Lipinski definition) is 6. The molecule has 0 unspecified atom stereocenters. The SMILES string of the molecule is O=[N+]([O-])c1ccc(-c2csc(NN=Cc3c(Cl)ccc(Cl)c3Cl)n2)cc1. The van der Waals surface area contributed by atoms with Crippen molar-refractivity contribution in [2.45, 2.75) is 0 Å². The van der Waals surface area contributed by atoms with Crippen LogP contribution < -0.4 is 5.43 Å². The maximum absolute atomic E-state index is 10.7. The van der Waals surface area contributed by atoms with Crippen molar-refractivity contribution in [1.29, 1.82) is 0 Å². The fraction of sp³-hybridized carbons (Fsp3) is 0. The number of nitrogens with zero attached hydrogens (tertiary/aromatic N) is 3. The lowest BCUT2D eigenvalue weighted by molar-refractivity contribution is -0.384. The third kappa shape index (κ3) is 4.13. The number of rotatable bonds is 5. The fourth-order valence-corrected chi connectivity index (χ4v) is 3.33. The van der Waals surface area contributed by atoms with Crippen molar-refractivity contribution in [3.8, 4) is 11.3 Å². The molecule has 0 aliphatic heterocycles. The predicted octanol–water partition coefficient (Wildman–Crippen LogP) is 6.12. The van der Waals surface area contributed by atoms with Crippen molar-refractivity contribution >= 4 is 63.2 Å². The highest BCUT2D eigenvalue weighted by Crippen LogP contribution is 2.30. The van der Waals surface area contributed by atoms with Gasteiger partial charge in [0.25, 0.3) is 5.69 Å². The van der Waals surface area contributed by atoms with Crippen molar-refractivity contribution in [2.75, 3.05) is 5.43 Å². The number of thiazole rings is 1. The van der Waals surface area contributed by atoms with Gasteiger partial charge in [-0.2, -0.15) is 5.10 Å². The van der Waals surface area contributed by atoms with Crippen LogP contribution in [0.25, 0.3) is 11.3 Å². The van der Waals surface area contributed by atoms with Crippen molar-refractivity contribution in [3.63, 3.8) is 0 Å². The average Bonchev–Trinajstić information content (AvgIpc) is 3.10. The summed E-state index contributed by atoms with van der Waals surface area (Å²) in [5.74, 6) is 0. The third-order valence-corrected chi connectivity index (χ3v) is 5.21. The molecule has 6 nitrogen and oxygen atoms in total. The molecular weight excluding hydrogens is 419 g/mol. The van der Waals surface area contributed by atoms with Crippen LogP contribution >= 0.6 is 46.1 Å². The first-order chi connectivity index (χ1) is 12.5. The molecule has 3 aromatic rings. The van der Waals surface area contributed by atoms with Crippen LogP contribution in [0.15, 0.2) is 46.9 Å². The molecule has 2 aromatic carbocycles. The van der Waals surface area contributed by atoms with E-state index in [9.17, 15) is 10.1 Å². The van der Waals surface area contributed by atoms with E-state index in [1.54, 1.807) is 24.3 Å². The zero-order chi connectivity index (χ0) is 18.7. The van der Waals surface area contributed by atoms with Crippen LogP contribution in [0, 0.1) is 10.1 Å². The predicted molar refractivity (Wildman–Crippen MR) is 107 cm³/mol. The molecular formula is C16H9Cl3N4O2S. The molecule has 0 aliphatic rings. The molecule has 26 heavy (non-hydrogen) atoms. The van der Waals surface area contributed by atoms with Gasteiger partial charge in [-0.3, -0.25) is 15.5 Å². The summed E-state index contributed by atoms with van der Waals surface area (Å²) < 4.78 is 0. The van der Waals surface area contributed by atoms with E-state index < -0.39 is 4.92 Å². The van der Waals surface area contributed by atoms with E-state index in [2.05, 4.69) is 15.5 Å². The van der Waals surface area contributed by atoms with Crippen molar-refractivity contribution < 1.29 is 4.92 Å². The van der Waals surface area contributed by atoms with E-state index in [1.807, 2.05) is 5.38 Å². The monoisotopic (exact) mass is 426 g/mol. The van der Waals surface area contributed by atoms with Crippen LogP contribution in [-0.4, -0.2) is 16.1 Å². The van der Waals surface area contributed by atoms with E-state index in [0.717, 1.165) is 5.56 Å². The summed E-state index contributed by atoms with van der Waals surface area (Å²) in [6, 6.07) is 9.39. The van der Waals surface area contributed by atoms with E-state index in [1.165, 1.54) is 29.7 Å². The maximum Gasteiger partial charge on any atom is 0.269 e. The highest BCUT2D eigenvalue weighted by atomic mass is 35.5. The summed E-state index contributed by atoms with van der Waals surface area (Å²) in [4.78, 5) is 14.6. The quantitative estimate of drug-likeness (QED) is 0.230. The van der Waals surface area contributed by atoms with Gasteiger partial charge >= 0.3 is 0 Å². The Hall–Kier alpha value is -2.19. The Bertz CT molecular complexity index is 990. The lowest BCUT2D eigenvalue weighted by Crippen LogP contribution is -1.92. The Morgan fingerprint density at radius 3 is 2.50 bits per heavy atom. The number of nitro groups is 1. The number of halogens is 3. The number of aromatic nitrogens is 1. The molecule has 0 bridgehead atoms. The Balaban J connectivity index is 1.73. The zero-order valence-corrected chi connectivity index (χ0v) is 15.9. The number of benzene rings is 2. The molecule has 0 saturated heterocycles. The first kappa shape index (κ1) is 18.6. The number of hydrazone groups is 1. The second kappa shape index (κ2) is 8.01. The Labute approximate surface area is 167 Å². The molecule has 0 spiro atoms. The Morgan fingerprint density at radius 2 is 1.81 bits per heavy atom. The molecule has 0 radical (unpaired) electrons. The highest BCUT2D eigenvalue weighted by Gasteiger charge is 2.09. The van der Waals surface area contributed by atoms with Gasteiger partial charge in [-0.15, -0.1) is 11.3 Å². The minimum Gasteiger partial charge on any atom is -0.258 e. The maximum atomic E-state index is 10.7. The summed E-state index contributed by atoms with van der Waals surface area (Å²) in [6.45, 7) is 0. The van der Waals surface area contributed by atoms with E-state index >= 15 is 0 Å². The smallest absolute Gasteiger partial charge is 0.258 e. The molecule has 0 aliphatic carbocycles. The summed E-state index contributed by atoms with van der Waals surface area (Å²) >= 11 is 19.5. The van der Waals surface area contributed by atoms with Gasteiger partial charge in [-0.1, -0.05) is 34.8 Å². The first-order valence-electron chi connectivity index (χ1n) is 7.08. The second-order valence-electron chi connectivity index (χ2n) is 4.97. The summed E-state index contributed by atoms with van der Waals surface area (Å²) in [7, 11) is 0. The zero-order valence-electron chi connectivity index (χ0n) is 12.8. The third-order valence-electron chi connectivity index (χ3n) is 3.31. The molecule has 0 amide bonds. The number of nitro benzene ring substituents is 1. The van der Waals surface area contributed by atoms with Crippen LogP contribution in [0.3, 0.4) is 0 Å². The molecule has 1 N–H and O–H groups in total. The molecule has 1 aromatic heterocycles. The molecule has 0 fully saturated rings. The fourth-order valence-electron chi connectivity index (χ4n) is 2.02. The lowest BCUT2D eigenvalue weighted by Gasteiger charge is -2.03. The number of anilines is 1. The normalized spacial score (nSPS) is 11.0. The standard InChI is InChI=1S/C16H9Cl3N4O2S/c17-12-5-6-13(18)15(19)11(12)7-20-22-16-21-14(8-26-16)9-1-3-10(4-2-9)23(24)25/h1-8H,(H,21,22). The van der Waals surface area contributed by atoms with Gasteiger partial charge in [-0.25, -0.2) is 4.98 Å². The lowest BCUT2D eigenvalue weighted by atomic mass is 10.1. The first-order valence-corrected chi connectivity index (χ1v) is 9.10. The average molecular weight is 428 g/mol. The molecule has 0 atom stereocenters.